The average Bonchev–Trinajstić information content (AvgIpc) is 2.49. The third-order valence-electron chi connectivity index (χ3n) is 3.74. The van der Waals surface area contributed by atoms with Gasteiger partial charge in [-0.2, -0.15) is 0 Å². The molecule has 0 aliphatic rings. The van der Waals surface area contributed by atoms with Crippen LogP contribution in [0.3, 0.4) is 0 Å². The highest BCUT2D eigenvalue weighted by molar-refractivity contribution is 5.87. The molecule has 3 rings (SSSR count). The topological polar surface area (TPSA) is 45.8 Å². The summed E-state index contributed by atoms with van der Waals surface area (Å²) in [5.74, 6) is 0. The van der Waals surface area contributed by atoms with E-state index in [4.69, 9.17) is 4.98 Å². The number of para-hydroxylation sites is 1. The highest BCUT2D eigenvalue weighted by atomic mass is 16.1. The van der Waals surface area contributed by atoms with Crippen molar-refractivity contribution in [2.45, 2.75) is 26.7 Å². The molecule has 0 unspecified atom stereocenters. The van der Waals surface area contributed by atoms with Gasteiger partial charge in [0.25, 0.3) is 5.56 Å². The van der Waals surface area contributed by atoms with Gasteiger partial charge in [0.2, 0.25) is 0 Å². The van der Waals surface area contributed by atoms with Crippen LogP contribution in [-0.2, 0) is 6.42 Å². The summed E-state index contributed by atoms with van der Waals surface area (Å²) in [6.07, 6.45) is 3.72. The normalized spacial score (nSPS) is 11.0. The van der Waals surface area contributed by atoms with Gasteiger partial charge < -0.3 is 4.98 Å². The molecule has 3 nitrogen and oxygen atoms in total. The van der Waals surface area contributed by atoms with E-state index in [9.17, 15) is 4.79 Å². The standard InChI is InChI=1S/C18H18N2O/c1-3-6-13-7-4-8-14-12(2)11-16(20-17(13)14)15-9-5-10-19-18(15)21/h4-5,7-11H,3,6H2,1-2H3,(H,19,21). The smallest absolute Gasteiger partial charge is 0.257 e. The lowest BCUT2D eigenvalue weighted by atomic mass is 10.0. The number of fused-ring (bicyclic) bond motifs is 1. The SMILES string of the molecule is CCCc1cccc2c(C)cc(-c3ccc[nH]c3=O)nc12. The second-order valence-electron chi connectivity index (χ2n) is 5.30. The first-order chi connectivity index (χ1) is 10.2. The van der Waals surface area contributed by atoms with Gasteiger partial charge >= 0.3 is 0 Å². The predicted octanol–water partition coefficient (Wildman–Crippen LogP) is 3.85. The Morgan fingerprint density at radius 1 is 1.19 bits per heavy atom. The van der Waals surface area contributed by atoms with Gasteiger partial charge in [0.1, 0.15) is 0 Å². The fourth-order valence-corrected chi connectivity index (χ4v) is 2.71. The molecule has 0 aliphatic heterocycles. The van der Waals surface area contributed by atoms with Crippen molar-refractivity contribution in [1.29, 1.82) is 0 Å². The van der Waals surface area contributed by atoms with Crippen molar-refractivity contribution in [3.05, 3.63) is 64.1 Å². The maximum Gasteiger partial charge on any atom is 0.257 e. The Hall–Kier alpha value is -2.42. The molecule has 106 valence electrons. The Kier molecular flexibility index (Phi) is 3.57. The lowest BCUT2D eigenvalue weighted by Gasteiger charge is -2.10. The molecule has 3 aromatic rings. The number of hydrogen-bond acceptors (Lipinski definition) is 2. The van der Waals surface area contributed by atoms with E-state index in [1.165, 1.54) is 5.56 Å². The molecule has 0 saturated carbocycles. The van der Waals surface area contributed by atoms with Crippen LogP contribution in [0.15, 0.2) is 47.4 Å². The summed E-state index contributed by atoms with van der Waals surface area (Å²) < 4.78 is 0. The summed E-state index contributed by atoms with van der Waals surface area (Å²) in [5.41, 5.74) is 4.66. The molecule has 0 radical (unpaired) electrons. The molecule has 0 bridgehead atoms. The van der Waals surface area contributed by atoms with Crippen molar-refractivity contribution in [3.8, 4) is 11.3 Å². The molecule has 1 N–H and O–H groups in total. The van der Waals surface area contributed by atoms with Gasteiger partial charge in [-0.15, -0.1) is 0 Å². The molecule has 0 amide bonds. The summed E-state index contributed by atoms with van der Waals surface area (Å²) in [5, 5.41) is 1.16. The van der Waals surface area contributed by atoms with Crippen molar-refractivity contribution >= 4 is 10.9 Å². The van der Waals surface area contributed by atoms with Crippen LogP contribution in [-0.4, -0.2) is 9.97 Å². The number of pyridine rings is 2. The summed E-state index contributed by atoms with van der Waals surface area (Å²) >= 11 is 0. The van der Waals surface area contributed by atoms with Gasteiger partial charge in [-0.1, -0.05) is 31.5 Å². The van der Waals surface area contributed by atoms with Crippen LogP contribution in [0.1, 0.15) is 24.5 Å². The van der Waals surface area contributed by atoms with E-state index in [2.05, 4.69) is 37.0 Å². The van der Waals surface area contributed by atoms with Crippen LogP contribution in [0.4, 0.5) is 0 Å². The Bertz CT molecular complexity index is 849. The monoisotopic (exact) mass is 278 g/mol. The second kappa shape index (κ2) is 5.52. The molecule has 0 atom stereocenters. The summed E-state index contributed by atoms with van der Waals surface area (Å²) in [7, 11) is 0. The number of benzene rings is 1. The fourth-order valence-electron chi connectivity index (χ4n) is 2.71. The zero-order chi connectivity index (χ0) is 14.8. The maximum atomic E-state index is 12.0. The van der Waals surface area contributed by atoms with Gasteiger partial charge in [0.05, 0.1) is 16.8 Å². The number of nitrogens with one attached hydrogen (secondary N) is 1. The Labute approximate surface area is 123 Å². The minimum atomic E-state index is -0.100. The largest absolute Gasteiger partial charge is 0.329 e. The fraction of sp³-hybridized carbons (Fsp3) is 0.222. The van der Waals surface area contributed by atoms with Crippen molar-refractivity contribution < 1.29 is 0 Å². The number of aryl methyl sites for hydroxylation is 2. The van der Waals surface area contributed by atoms with E-state index in [0.29, 0.717) is 5.56 Å². The molecule has 0 fully saturated rings. The van der Waals surface area contributed by atoms with Gasteiger partial charge in [0, 0.05) is 11.6 Å². The first-order valence-electron chi connectivity index (χ1n) is 7.28. The Morgan fingerprint density at radius 2 is 2.05 bits per heavy atom. The molecule has 0 aliphatic carbocycles. The molecular formula is C18H18N2O. The zero-order valence-corrected chi connectivity index (χ0v) is 12.3. The number of aromatic amines is 1. The first-order valence-corrected chi connectivity index (χ1v) is 7.28. The first kappa shape index (κ1) is 13.6. The Morgan fingerprint density at radius 3 is 2.81 bits per heavy atom. The minimum absolute atomic E-state index is 0.100. The van der Waals surface area contributed by atoms with Crippen LogP contribution >= 0.6 is 0 Å². The van der Waals surface area contributed by atoms with E-state index in [0.717, 1.165) is 35.0 Å². The van der Waals surface area contributed by atoms with Crippen LogP contribution in [0.5, 0.6) is 0 Å². The van der Waals surface area contributed by atoms with Crippen LogP contribution in [0, 0.1) is 6.92 Å². The molecule has 21 heavy (non-hydrogen) atoms. The van der Waals surface area contributed by atoms with Gasteiger partial charge in [-0.3, -0.25) is 4.79 Å². The number of rotatable bonds is 3. The number of H-pyrrole nitrogens is 1. The molecule has 0 saturated heterocycles. The summed E-state index contributed by atoms with van der Waals surface area (Å²) in [6, 6.07) is 11.9. The van der Waals surface area contributed by atoms with Gasteiger partial charge in [0.15, 0.2) is 0 Å². The van der Waals surface area contributed by atoms with E-state index < -0.39 is 0 Å². The van der Waals surface area contributed by atoms with Crippen LogP contribution in [0.25, 0.3) is 22.2 Å². The van der Waals surface area contributed by atoms with Gasteiger partial charge in [-0.25, -0.2) is 4.98 Å². The average molecular weight is 278 g/mol. The van der Waals surface area contributed by atoms with Crippen molar-refractivity contribution in [2.75, 3.05) is 0 Å². The van der Waals surface area contributed by atoms with Crippen molar-refractivity contribution in [1.82, 2.24) is 9.97 Å². The highest BCUT2D eigenvalue weighted by Gasteiger charge is 2.10. The molecule has 1 aromatic carbocycles. The number of hydrogen-bond donors (Lipinski definition) is 1. The number of nitrogens with zero attached hydrogens (tertiary/aromatic N) is 1. The third-order valence-corrected chi connectivity index (χ3v) is 3.74. The second-order valence-corrected chi connectivity index (χ2v) is 5.30. The summed E-state index contributed by atoms with van der Waals surface area (Å²) in [6.45, 7) is 4.23. The summed E-state index contributed by atoms with van der Waals surface area (Å²) in [4.78, 5) is 19.5. The maximum absolute atomic E-state index is 12.0. The lowest BCUT2D eigenvalue weighted by Crippen LogP contribution is -2.08. The Balaban J connectivity index is 2.29. The van der Waals surface area contributed by atoms with Crippen molar-refractivity contribution in [2.24, 2.45) is 0 Å². The number of aromatic nitrogens is 2. The van der Waals surface area contributed by atoms with Gasteiger partial charge in [-0.05, 0) is 42.7 Å². The molecular weight excluding hydrogens is 260 g/mol. The quantitative estimate of drug-likeness (QED) is 0.791. The lowest BCUT2D eigenvalue weighted by molar-refractivity contribution is 0.926. The predicted molar refractivity (Wildman–Crippen MR) is 86.5 cm³/mol. The zero-order valence-electron chi connectivity index (χ0n) is 12.3. The van der Waals surface area contributed by atoms with Crippen LogP contribution < -0.4 is 5.56 Å². The third kappa shape index (κ3) is 2.47. The van der Waals surface area contributed by atoms with E-state index in [1.807, 2.05) is 18.2 Å². The van der Waals surface area contributed by atoms with Crippen LogP contribution in [0.2, 0.25) is 0 Å². The molecule has 2 aromatic heterocycles. The molecule has 0 spiro atoms. The van der Waals surface area contributed by atoms with E-state index in [1.54, 1.807) is 6.20 Å². The minimum Gasteiger partial charge on any atom is -0.329 e. The molecule has 3 heteroatoms. The van der Waals surface area contributed by atoms with E-state index in [-0.39, 0.29) is 5.56 Å². The van der Waals surface area contributed by atoms with E-state index >= 15 is 0 Å². The van der Waals surface area contributed by atoms with Crippen molar-refractivity contribution in [3.63, 3.8) is 0 Å². The molecule has 2 heterocycles. The highest BCUT2D eigenvalue weighted by Crippen LogP contribution is 2.25.